The van der Waals surface area contributed by atoms with Gasteiger partial charge in [0.05, 0.1) is 7.11 Å². The number of nitrogens with zero attached hydrogens (tertiary/aromatic N) is 1. The molecular weight excluding hydrogens is 318 g/mol. The van der Waals surface area contributed by atoms with Crippen molar-refractivity contribution in [3.05, 3.63) is 34.9 Å². The molecule has 5 heteroatoms. The Kier molecular flexibility index (Phi) is 4.35. The number of ether oxygens (including phenoxy) is 2. The van der Waals surface area contributed by atoms with Crippen LogP contribution in [0.15, 0.2) is 23.8 Å². The van der Waals surface area contributed by atoms with E-state index in [1.807, 2.05) is 18.2 Å². The van der Waals surface area contributed by atoms with Crippen molar-refractivity contribution in [1.82, 2.24) is 4.90 Å². The van der Waals surface area contributed by atoms with E-state index in [0.717, 1.165) is 28.9 Å². The summed E-state index contributed by atoms with van der Waals surface area (Å²) in [4.78, 5) is 26.4. The van der Waals surface area contributed by atoms with Crippen LogP contribution in [-0.4, -0.2) is 36.2 Å². The smallest absolute Gasteiger partial charge is 0.417 e. The second-order valence-corrected chi connectivity index (χ2v) is 7.71. The zero-order valence-electron chi connectivity index (χ0n) is 15.5. The number of carbonyl (C=O) groups is 2. The SMILES string of the molecule is COc1ccc2c(c1)CC(C)C2=C1CCN(C(=O)OC(C)(C)C)C1=O. The van der Waals surface area contributed by atoms with E-state index in [2.05, 4.69) is 6.92 Å². The molecule has 3 rings (SSSR count). The van der Waals surface area contributed by atoms with E-state index in [0.29, 0.717) is 13.0 Å². The zero-order chi connectivity index (χ0) is 18.4. The fraction of sp³-hybridized carbons (Fsp3) is 0.500. The largest absolute Gasteiger partial charge is 0.497 e. The average molecular weight is 343 g/mol. The van der Waals surface area contributed by atoms with Gasteiger partial charge >= 0.3 is 6.09 Å². The molecule has 0 radical (unpaired) electrons. The van der Waals surface area contributed by atoms with Gasteiger partial charge in [0.1, 0.15) is 11.4 Å². The molecule has 0 aromatic heterocycles. The molecule has 25 heavy (non-hydrogen) atoms. The number of likely N-dealkylation sites (tertiary alicyclic amines) is 1. The lowest BCUT2D eigenvalue weighted by molar-refractivity contribution is -0.124. The van der Waals surface area contributed by atoms with Crippen molar-refractivity contribution in [3.63, 3.8) is 0 Å². The van der Waals surface area contributed by atoms with Crippen molar-refractivity contribution in [2.75, 3.05) is 13.7 Å². The molecule has 2 amide bonds. The zero-order valence-corrected chi connectivity index (χ0v) is 15.5. The maximum atomic E-state index is 12.8. The number of benzene rings is 1. The van der Waals surface area contributed by atoms with E-state index >= 15 is 0 Å². The van der Waals surface area contributed by atoms with E-state index in [-0.39, 0.29) is 11.8 Å². The lowest BCUT2D eigenvalue weighted by atomic mass is 9.95. The van der Waals surface area contributed by atoms with Gasteiger partial charge in [-0.05, 0) is 68.4 Å². The lowest BCUT2D eigenvalue weighted by Gasteiger charge is -2.23. The number of hydrogen-bond acceptors (Lipinski definition) is 4. The number of hydrogen-bond donors (Lipinski definition) is 0. The predicted octanol–water partition coefficient (Wildman–Crippen LogP) is 3.81. The first kappa shape index (κ1) is 17.5. The third-order valence-corrected chi connectivity index (χ3v) is 4.65. The van der Waals surface area contributed by atoms with Crippen molar-refractivity contribution in [2.24, 2.45) is 5.92 Å². The Bertz CT molecular complexity index is 757. The van der Waals surface area contributed by atoms with Crippen LogP contribution in [0.3, 0.4) is 0 Å². The molecule has 2 aliphatic rings. The van der Waals surface area contributed by atoms with Gasteiger partial charge in [-0.1, -0.05) is 13.0 Å². The number of carbonyl (C=O) groups excluding carboxylic acids is 2. The highest BCUT2D eigenvalue weighted by atomic mass is 16.6. The molecule has 1 aliphatic carbocycles. The van der Waals surface area contributed by atoms with E-state index < -0.39 is 11.7 Å². The minimum absolute atomic E-state index is 0.222. The highest BCUT2D eigenvalue weighted by Gasteiger charge is 2.38. The molecule has 1 aliphatic heterocycles. The molecule has 1 aromatic carbocycles. The standard InChI is InChI=1S/C20H25NO4/c1-12-10-13-11-14(24-5)6-7-15(13)17(12)16-8-9-21(18(16)22)19(23)25-20(2,3)4/h6-7,11-12H,8-10H2,1-5H3. The summed E-state index contributed by atoms with van der Waals surface area (Å²) in [6, 6.07) is 5.97. The Labute approximate surface area is 148 Å². The fourth-order valence-electron chi connectivity index (χ4n) is 3.62. The molecule has 1 fully saturated rings. The number of fused-ring (bicyclic) bond motifs is 1. The predicted molar refractivity (Wildman–Crippen MR) is 95.3 cm³/mol. The van der Waals surface area contributed by atoms with Crippen LogP contribution in [0.25, 0.3) is 5.57 Å². The number of imide groups is 1. The Morgan fingerprint density at radius 2 is 2.00 bits per heavy atom. The maximum Gasteiger partial charge on any atom is 0.417 e. The summed E-state index contributed by atoms with van der Waals surface area (Å²) >= 11 is 0. The first-order valence-corrected chi connectivity index (χ1v) is 8.66. The molecule has 1 saturated heterocycles. The summed E-state index contributed by atoms with van der Waals surface area (Å²) in [5, 5.41) is 0. The highest BCUT2D eigenvalue weighted by Crippen LogP contribution is 2.42. The molecule has 0 N–H and O–H groups in total. The van der Waals surface area contributed by atoms with Crippen LogP contribution in [0.2, 0.25) is 0 Å². The third kappa shape index (κ3) is 3.28. The van der Waals surface area contributed by atoms with Crippen LogP contribution in [0, 0.1) is 5.92 Å². The first-order chi connectivity index (χ1) is 11.7. The Morgan fingerprint density at radius 1 is 1.28 bits per heavy atom. The Morgan fingerprint density at radius 3 is 2.64 bits per heavy atom. The summed E-state index contributed by atoms with van der Waals surface area (Å²) in [5.41, 5.74) is 3.48. The van der Waals surface area contributed by atoms with E-state index in [9.17, 15) is 9.59 Å². The monoisotopic (exact) mass is 343 g/mol. The molecular formula is C20H25NO4. The van der Waals surface area contributed by atoms with Gasteiger partial charge in [0.25, 0.3) is 5.91 Å². The molecule has 1 unspecified atom stereocenters. The summed E-state index contributed by atoms with van der Waals surface area (Å²) in [6.45, 7) is 7.90. The van der Waals surface area contributed by atoms with Crippen LogP contribution in [0.1, 0.15) is 45.2 Å². The molecule has 0 saturated carbocycles. The highest BCUT2D eigenvalue weighted by molar-refractivity contribution is 6.10. The van der Waals surface area contributed by atoms with Crippen LogP contribution < -0.4 is 4.74 Å². The molecule has 5 nitrogen and oxygen atoms in total. The van der Waals surface area contributed by atoms with E-state index in [4.69, 9.17) is 9.47 Å². The Balaban J connectivity index is 1.92. The number of rotatable bonds is 1. The second-order valence-electron chi connectivity index (χ2n) is 7.71. The van der Waals surface area contributed by atoms with Crippen LogP contribution in [-0.2, 0) is 16.0 Å². The minimum Gasteiger partial charge on any atom is -0.497 e. The Hall–Kier alpha value is -2.30. The van der Waals surface area contributed by atoms with Gasteiger partial charge in [-0.3, -0.25) is 4.79 Å². The average Bonchev–Trinajstić information content (AvgIpc) is 3.03. The first-order valence-electron chi connectivity index (χ1n) is 8.66. The molecule has 0 bridgehead atoms. The van der Waals surface area contributed by atoms with Gasteiger partial charge in [-0.15, -0.1) is 0 Å². The molecule has 1 heterocycles. The number of methoxy groups -OCH3 is 1. The number of allylic oxidation sites excluding steroid dienone is 1. The summed E-state index contributed by atoms with van der Waals surface area (Å²) in [7, 11) is 1.65. The normalized spacial score (nSPS) is 23.0. The van der Waals surface area contributed by atoms with Crippen molar-refractivity contribution in [2.45, 2.75) is 46.1 Å². The van der Waals surface area contributed by atoms with Gasteiger partial charge in [0.15, 0.2) is 0 Å². The quantitative estimate of drug-likeness (QED) is 0.728. The minimum atomic E-state index is -0.614. The van der Waals surface area contributed by atoms with Crippen LogP contribution in [0.4, 0.5) is 4.79 Å². The summed E-state index contributed by atoms with van der Waals surface area (Å²) < 4.78 is 10.7. The van der Waals surface area contributed by atoms with Gasteiger partial charge in [-0.25, -0.2) is 9.69 Å². The van der Waals surface area contributed by atoms with Gasteiger partial charge in [-0.2, -0.15) is 0 Å². The maximum absolute atomic E-state index is 12.8. The van der Waals surface area contributed by atoms with Crippen molar-refractivity contribution in [1.29, 1.82) is 0 Å². The van der Waals surface area contributed by atoms with Crippen LogP contribution >= 0.6 is 0 Å². The van der Waals surface area contributed by atoms with E-state index in [1.54, 1.807) is 27.9 Å². The van der Waals surface area contributed by atoms with Crippen LogP contribution in [0.5, 0.6) is 5.75 Å². The van der Waals surface area contributed by atoms with Crippen molar-refractivity contribution in [3.8, 4) is 5.75 Å². The molecule has 1 aromatic rings. The molecule has 134 valence electrons. The molecule has 1 atom stereocenters. The van der Waals surface area contributed by atoms with E-state index in [1.165, 1.54) is 10.5 Å². The lowest BCUT2D eigenvalue weighted by Crippen LogP contribution is -2.37. The van der Waals surface area contributed by atoms with Crippen molar-refractivity contribution < 1.29 is 19.1 Å². The number of amides is 2. The van der Waals surface area contributed by atoms with Crippen molar-refractivity contribution >= 4 is 17.6 Å². The van der Waals surface area contributed by atoms with Gasteiger partial charge in [0.2, 0.25) is 0 Å². The third-order valence-electron chi connectivity index (χ3n) is 4.65. The second kappa shape index (κ2) is 6.21. The summed E-state index contributed by atoms with van der Waals surface area (Å²) in [6.07, 6.45) is 0.891. The van der Waals surface area contributed by atoms with Gasteiger partial charge in [0, 0.05) is 12.1 Å². The fourth-order valence-corrected chi connectivity index (χ4v) is 3.62. The molecule has 0 spiro atoms. The topological polar surface area (TPSA) is 55.8 Å². The summed E-state index contributed by atoms with van der Waals surface area (Å²) in [5.74, 6) is 0.852. The van der Waals surface area contributed by atoms with Gasteiger partial charge < -0.3 is 9.47 Å².